The zero-order chi connectivity index (χ0) is 22.8. The summed E-state index contributed by atoms with van der Waals surface area (Å²) in [6, 6.07) is 10.5. The van der Waals surface area contributed by atoms with Gasteiger partial charge in [-0.2, -0.15) is 22.6 Å². The Kier molecular flexibility index (Phi) is 6.18. The van der Waals surface area contributed by atoms with Crippen LogP contribution in [0.1, 0.15) is 11.1 Å². The highest BCUT2D eigenvalue weighted by Crippen LogP contribution is 2.33. The summed E-state index contributed by atoms with van der Waals surface area (Å²) in [7, 11) is -2.74. The van der Waals surface area contributed by atoms with E-state index in [2.05, 4.69) is 10.4 Å². The number of carbonyl (C=O) groups excluding carboxylic acids is 1. The van der Waals surface area contributed by atoms with E-state index in [0.717, 1.165) is 22.0 Å². The molecule has 164 valence electrons. The van der Waals surface area contributed by atoms with Crippen LogP contribution in [0.25, 0.3) is 5.69 Å². The van der Waals surface area contributed by atoms with Crippen molar-refractivity contribution < 1.29 is 26.4 Å². The average molecular weight is 452 g/mol. The van der Waals surface area contributed by atoms with E-state index in [9.17, 15) is 26.4 Å². The maximum absolute atomic E-state index is 13.1. The van der Waals surface area contributed by atoms with Crippen LogP contribution >= 0.6 is 0 Å². The number of sulfonamides is 1. The second kappa shape index (κ2) is 8.52. The molecule has 2 aromatic carbocycles. The highest BCUT2D eigenvalue weighted by molar-refractivity contribution is 7.89. The molecule has 3 aromatic rings. The number of anilines is 1. The van der Waals surface area contributed by atoms with Gasteiger partial charge in [0.2, 0.25) is 15.9 Å². The fourth-order valence-electron chi connectivity index (χ4n) is 2.79. The topological polar surface area (TPSA) is 84.3 Å². The molecule has 7 nitrogen and oxygen atoms in total. The molecule has 1 aromatic heterocycles. The number of hydrogen-bond donors (Lipinski definition) is 1. The van der Waals surface area contributed by atoms with Crippen LogP contribution in [0, 0.1) is 6.92 Å². The first kappa shape index (κ1) is 22.5. The van der Waals surface area contributed by atoms with Crippen LogP contribution < -0.4 is 5.32 Å². The predicted molar refractivity (Wildman–Crippen MR) is 108 cm³/mol. The smallest absolute Gasteiger partial charge is 0.323 e. The quantitative estimate of drug-likeness (QED) is 0.621. The fraction of sp³-hybridized carbons (Fsp3) is 0.200. The molecule has 3 rings (SSSR count). The highest BCUT2D eigenvalue weighted by atomic mass is 32.2. The summed E-state index contributed by atoms with van der Waals surface area (Å²) in [5.41, 5.74) is -0.0329. The molecule has 0 saturated heterocycles. The second-order valence-corrected chi connectivity index (χ2v) is 8.85. The number of aromatic nitrogens is 2. The lowest BCUT2D eigenvalue weighted by Crippen LogP contribution is -2.35. The van der Waals surface area contributed by atoms with Crippen molar-refractivity contribution in [2.45, 2.75) is 18.0 Å². The molecule has 0 fully saturated rings. The van der Waals surface area contributed by atoms with Crippen LogP contribution in [-0.4, -0.2) is 42.0 Å². The molecule has 0 aliphatic heterocycles. The number of benzene rings is 2. The number of nitrogens with one attached hydrogen (secondary N) is 1. The fourth-order valence-corrected chi connectivity index (χ4v) is 3.92. The van der Waals surface area contributed by atoms with Crippen LogP contribution in [0.5, 0.6) is 0 Å². The van der Waals surface area contributed by atoms with Crippen molar-refractivity contribution >= 4 is 21.6 Å². The van der Waals surface area contributed by atoms with Crippen molar-refractivity contribution in [3.8, 4) is 5.69 Å². The Morgan fingerprint density at radius 2 is 1.84 bits per heavy atom. The summed E-state index contributed by atoms with van der Waals surface area (Å²) in [5.74, 6) is -0.800. The van der Waals surface area contributed by atoms with Crippen molar-refractivity contribution in [1.29, 1.82) is 0 Å². The van der Waals surface area contributed by atoms with Crippen molar-refractivity contribution in [3.05, 3.63) is 72.1 Å². The van der Waals surface area contributed by atoms with Gasteiger partial charge >= 0.3 is 6.18 Å². The first-order valence-corrected chi connectivity index (χ1v) is 10.5. The van der Waals surface area contributed by atoms with E-state index in [1.807, 2.05) is 0 Å². The van der Waals surface area contributed by atoms with Crippen LogP contribution in [0.15, 0.2) is 65.8 Å². The SMILES string of the molecule is Cc1ccc(S(=O)(=O)N(C)CC(=O)Nc2cc(C(F)(F)F)ccc2-n2cccn2)cc1. The Labute approximate surface area is 177 Å². The van der Waals surface area contributed by atoms with Crippen molar-refractivity contribution in [1.82, 2.24) is 14.1 Å². The van der Waals surface area contributed by atoms with Crippen LogP contribution in [-0.2, 0) is 21.0 Å². The normalized spacial score (nSPS) is 12.2. The molecule has 0 aliphatic carbocycles. The molecule has 0 aliphatic rings. The van der Waals surface area contributed by atoms with E-state index in [1.54, 1.807) is 25.1 Å². The molecule has 0 bridgehead atoms. The summed E-state index contributed by atoms with van der Waals surface area (Å²) < 4.78 is 66.8. The first-order valence-electron chi connectivity index (χ1n) is 9.02. The molecule has 31 heavy (non-hydrogen) atoms. The monoisotopic (exact) mass is 452 g/mol. The number of carbonyl (C=O) groups is 1. The lowest BCUT2D eigenvalue weighted by molar-refractivity contribution is -0.137. The number of aryl methyl sites for hydroxylation is 1. The molecule has 1 heterocycles. The Balaban J connectivity index is 1.84. The number of alkyl halides is 3. The maximum atomic E-state index is 13.1. The van der Waals surface area contributed by atoms with Crippen molar-refractivity contribution in [2.75, 3.05) is 18.9 Å². The van der Waals surface area contributed by atoms with Gasteiger partial charge in [-0.1, -0.05) is 17.7 Å². The number of hydrogen-bond acceptors (Lipinski definition) is 4. The van der Waals surface area contributed by atoms with Gasteiger partial charge in [-0.3, -0.25) is 4.79 Å². The highest BCUT2D eigenvalue weighted by Gasteiger charge is 2.31. The Morgan fingerprint density at radius 3 is 2.42 bits per heavy atom. The Hall–Kier alpha value is -3.18. The van der Waals surface area contributed by atoms with Crippen molar-refractivity contribution in [3.63, 3.8) is 0 Å². The molecule has 0 atom stereocenters. The molecule has 0 unspecified atom stereocenters. The van der Waals surface area contributed by atoms with Gasteiger partial charge in [0, 0.05) is 19.4 Å². The van der Waals surface area contributed by atoms with Crippen molar-refractivity contribution in [2.24, 2.45) is 0 Å². The van der Waals surface area contributed by atoms with E-state index >= 15 is 0 Å². The lowest BCUT2D eigenvalue weighted by atomic mass is 10.1. The van der Waals surface area contributed by atoms with E-state index in [-0.39, 0.29) is 16.3 Å². The number of amides is 1. The minimum Gasteiger partial charge on any atom is -0.323 e. The second-order valence-electron chi connectivity index (χ2n) is 6.80. The van der Waals surface area contributed by atoms with Gasteiger partial charge < -0.3 is 5.32 Å². The summed E-state index contributed by atoms with van der Waals surface area (Å²) >= 11 is 0. The Morgan fingerprint density at radius 1 is 1.16 bits per heavy atom. The molecular formula is C20H19F3N4O3S. The van der Waals surface area contributed by atoms with Gasteiger partial charge in [0.25, 0.3) is 0 Å². The average Bonchev–Trinajstić information content (AvgIpc) is 3.22. The van der Waals surface area contributed by atoms with E-state index in [4.69, 9.17) is 0 Å². The molecule has 11 heteroatoms. The zero-order valence-corrected chi connectivity index (χ0v) is 17.4. The van der Waals surface area contributed by atoms with Crippen LogP contribution in [0.3, 0.4) is 0 Å². The minimum absolute atomic E-state index is 0.00435. The van der Waals surface area contributed by atoms with Gasteiger partial charge in [0.05, 0.1) is 28.4 Å². The summed E-state index contributed by atoms with van der Waals surface area (Å²) in [6.45, 7) is 1.21. The molecule has 0 saturated carbocycles. The van der Waals surface area contributed by atoms with Gasteiger partial charge in [-0.05, 0) is 43.3 Å². The van der Waals surface area contributed by atoms with E-state index < -0.39 is 34.2 Å². The van der Waals surface area contributed by atoms with Crippen LogP contribution in [0.4, 0.5) is 18.9 Å². The van der Waals surface area contributed by atoms with E-state index in [0.29, 0.717) is 0 Å². The third kappa shape index (κ3) is 5.12. The number of likely N-dealkylation sites (N-methyl/N-ethyl adjacent to an activating group) is 1. The molecule has 0 radical (unpaired) electrons. The number of halogens is 3. The summed E-state index contributed by atoms with van der Waals surface area (Å²) in [6.07, 6.45) is -1.68. The summed E-state index contributed by atoms with van der Waals surface area (Å²) in [5, 5.41) is 6.34. The third-order valence-corrected chi connectivity index (χ3v) is 6.26. The molecule has 0 spiro atoms. The molecular weight excluding hydrogens is 433 g/mol. The van der Waals surface area contributed by atoms with Gasteiger partial charge in [0.1, 0.15) is 0 Å². The number of nitrogens with zero attached hydrogens (tertiary/aromatic N) is 3. The largest absolute Gasteiger partial charge is 0.416 e. The third-order valence-electron chi connectivity index (χ3n) is 4.44. The Bertz CT molecular complexity index is 1180. The van der Waals surface area contributed by atoms with Gasteiger partial charge in [0.15, 0.2) is 0 Å². The maximum Gasteiger partial charge on any atom is 0.416 e. The first-order chi connectivity index (χ1) is 14.5. The zero-order valence-electron chi connectivity index (χ0n) is 16.6. The molecule has 1 N–H and O–H groups in total. The van der Waals surface area contributed by atoms with Gasteiger partial charge in [-0.25, -0.2) is 13.1 Å². The standard InChI is InChI=1S/C20H19F3N4O3S/c1-14-4-7-16(8-5-14)31(29,30)26(2)13-19(28)25-17-12-15(20(21,22)23)6-9-18(17)27-11-3-10-24-27/h3-12H,13H2,1-2H3,(H,25,28). The van der Waals surface area contributed by atoms with Crippen LogP contribution in [0.2, 0.25) is 0 Å². The van der Waals surface area contributed by atoms with Gasteiger partial charge in [-0.15, -0.1) is 0 Å². The summed E-state index contributed by atoms with van der Waals surface area (Å²) in [4.78, 5) is 12.5. The number of rotatable bonds is 6. The molecule has 1 amide bonds. The predicted octanol–water partition coefficient (Wildman–Crippen LogP) is 3.46. The van der Waals surface area contributed by atoms with E-state index in [1.165, 1.54) is 42.3 Å². The lowest BCUT2D eigenvalue weighted by Gasteiger charge is -2.18. The minimum atomic E-state index is -4.62.